The second-order valence-electron chi connectivity index (χ2n) is 4.88. The van der Waals surface area contributed by atoms with Crippen LogP contribution in [0.4, 0.5) is 0 Å². The molecule has 0 rings (SSSR count). The third-order valence-electron chi connectivity index (χ3n) is 1.95. The van der Waals surface area contributed by atoms with Gasteiger partial charge < -0.3 is 16.4 Å². The Morgan fingerprint density at radius 2 is 1.81 bits per heavy atom. The first-order valence-electron chi connectivity index (χ1n) is 5.61. The van der Waals surface area contributed by atoms with Crippen molar-refractivity contribution in [3.05, 3.63) is 0 Å². The van der Waals surface area contributed by atoms with Crippen molar-refractivity contribution in [2.45, 2.75) is 45.6 Å². The quantitative estimate of drug-likeness (QED) is 0.543. The van der Waals surface area contributed by atoms with Gasteiger partial charge in [0.05, 0.1) is 6.54 Å². The van der Waals surface area contributed by atoms with Crippen LogP contribution in [-0.4, -0.2) is 30.4 Å². The van der Waals surface area contributed by atoms with Crippen LogP contribution in [0.15, 0.2) is 0 Å². The van der Waals surface area contributed by atoms with Gasteiger partial charge in [0.1, 0.15) is 0 Å². The Morgan fingerprint density at radius 3 is 2.31 bits per heavy atom. The first kappa shape index (κ1) is 14.9. The Balaban J connectivity index is 3.41. The Kier molecular flexibility index (Phi) is 6.72. The molecular weight excluding hydrogens is 206 g/mol. The van der Waals surface area contributed by atoms with Crippen LogP contribution in [0, 0.1) is 0 Å². The van der Waals surface area contributed by atoms with Gasteiger partial charge in [-0.25, -0.2) is 0 Å². The smallest absolute Gasteiger partial charge is 0.233 e. The van der Waals surface area contributed by atoms with Gasteiger partial charge >= 0.3 is 0 Å². The SMILES string of the molecule is CC(C)(C)NCC(=O)NCCCCC(N)=O. The van der Waals surface area contributed by atoms with Crippen LogP contribution in [0.25, 0.3) is 0 Å². The van der Waals surface area contributed by atoms with Crippen LogP contribution in [0.1, 0.15) is 40.0 Å². The van der Waals surface area contributed by atoms with E-state index in [9.17, 15) is 9.59 Å². The molecule has 0 aromatic carbocycles. The number of amides is 2. The average molecular weight is 229 g/mol. The van der Waals surface area contributed by atoms with Crippen molar-refractivity contribution in [1.29, 1.82) is 0 Å². The molecule has 16 heavy (non-hydrogen) atoms. The van der Waals surface area contributed by atoms with Crippen molar-refractivity contribution in [1.82, 2.24) is 10.6 Å². The van der Waals surface area contributed by atoms with E-state index in [2.05, 4.69) is 10.6 Å². The van der Waals surface area contributed by atoms with Gasteiger partial charge in [0, 0.05) is 18.5 Å². The predicted octanol–water partition coefficient (Wildman–Crippen LogP) is 0.146. The molecule has 0 unspecified atom stereocenters. The van der Waals surface area contributed by atoms with Crippen LogP contribution < -0.4 is 16.4 Å². The van der Waals surface area contributed by atoms with E-state index >= 15 is 0 Å². The van der Waals surface area contributed by atoms with Gasteiger partial charge in [-0.2, -0.15) is 0 Å². The zero-order valence-electron chi connectivity index (χ0n) is 10.4. The molecule has 0 radical (unpaired) electrons. The summed E-state index contributed by atoms with van der Waals surface area (Å²) in [6, 6.07) is 0. The number of hydrogen-bond donors (Lipinski definition) is 3. The lowest BCUT2D eigenvalue weighted by molar-refractivity contribution is -0.120. The zero-order valence-corrected chi connectivity index (χ0v) is 10.4. The number of nitrogens with two attached hydrogens (primary N) is 1. The van der Waals surface area contributed by atoms with Crippen molar-refractivity contribution >= 4 is 11.8 Å². The average Bonchev–Trinajstić information content (AvgIpc) is 2.12. The molecule has 2 amide bonds. The maximum absolute atomic E-state index is 11.3. The Hall–Kier alpha value is -1.10. The third-order valence-corrected chi connectivity index (χ3v) is 1.95. The van der Waals surface area contributed by atoms with Crippen molar-refractivity contribution in [3.63, 3.8) is 0 Å². The summed E-state index contributed by atoms with van der Waals surface area (Å²) < 4.78 is 0. The fourth-order valence-electron chi connectivity index (χ4n) is 1.06. The lowest BCUT2D eigenvalue weighted by atomic mass is 10.1. The van der Waals surface area contributed by atoms with Gasteiger partial charge in [0.25, 0.3) is 0 Å². The molecule has 0 aromatic rings. The van der Waals surface area contributed by atoms with Crippen LogP contribution in [0.3, 0.4) is 0 Å². The standard InChI is InChI=1S/C11H23N3O2/c1-11(2,3)14-8-10(16)13-7-5-4-6-9(12)15/h14H,4-8H2,1-3H3,(H2,12,15)(H,13,16). The summed E-state index contributed by atoms with van der Waals surface area (Å²) in [5.74, 6) is -0.310. The summed E-state index contributed by atoms with van der Waals surface area (Å²) in [4.78, 5) is 21.8. The Morgan fingerprint density at radius 1 is 1.19 bits per heavy atom. The number of rotatable bonds is 7. The molecule has 0 fully saturated rings. The summed E-state index contributed by atoms with van der Waals surface area (Å²) in [6.45, 7) is 6.94. The molecule has 0 saturated carbocycles. The van der Waals surface area contributed by atoms with E-state index < -0.39 is 0 Å². The summed E-state index contributed by atoms with van der Waals surface area (Å²) in [7, 11) is 0. The van der Waals surface area contributed by atoms with E-state index in [1.165, 1.54) is 0 Å². The summed E-state index contributed by atoms with van der Waals surface area (Å²) in [5.41, 5.74) is 4.94. The van der Waals surface area contributed by atoms with Gasteiger partial charge in [-0.1, -0.05) is 0 Å². The highest BCUT2D eigenvalue weighted by Crippen LogP contribution is 1.96. The Bertz CT molecular complexity index is 234. The van der Waals surface area contributed by atoms with Crippen molar-refractivity contribution in [2.24, 2.45) is 5.73 Å². The highest BCUT2D eigenvalue weighted by Gasteiger charge is 2.10. The van der Waals surface area contributed by atoms with E-state index in [1.807, 2.05) is 20.8 Å². The van der Waals surface area contributed by atoms with Crippen LogP contribution in [0.2, 0.25) is 0 Å². The second kappa shape index (κ2) is 7.22. The molecule has 0 spiro atoms. The fraction of sp³-hybridized carbons (Fsp3) is 0.818. The topological polar surface area (TPSA) is 84.2 Å². The van der Waals surface area contributed by atoms with Crippen molar-refractivity contribution < 1.29 is 9.59 Å². The molecule has 0 aliphatic rings. The fourth-order valence-corrected chi connectivity index (χ4v) is 1.06. The number of primary amides is 1. The molecular formula is C11H23N3O2. The molecule has 5 heteroatoms. The zero-order chi connectivity index (χ0) is 12.6. The van der Waals surface area contributed by atoms with Crippen LogP contribution in [0.5, 0.6) is 0 Å². The van der Waals surface area contributed by atoms with Crippen molar-refractivity contribution in [3.8, 4) is 0 Å². The van der Waals surface area contributed by atoms with Crippen molar-refractivity contribution in [2.75, 3.05) is 13.1 Å². The minimum Gasteiger partial charge on any atom is -0.370 e. The summed E-state index contributed by atoms with van der Waals surface area (Å²) >= 11 is 0. The van der Waals surface area contributed by atoms with Gasteiger partial charge in [-0.05, 0) is 33.6 Å². The van der Waals surface area contributed by atoms with E-state index in [0.29, 0.717) is 19.5 Å². The van der Waals surface area contributed by atoms with Crippen LogP contribution in [-0.2, 0) is 9.59 Å². The van der Waals surface area contributed by atoms with Gasteiger partial charge in [0.2, 0.25) is 11.8 Å². The molecule has 4 N–H and O–H groups in total. The third kappa shape index (κ3) is 11.0. The molecule has 5 nitrogen and oxygen atoms in total. The van der Waals surface area contributed by atoms with Crippen LogP contribution >= 0.6 is 0 Å². The van der Waals surface area contributed by atoms with E-state index in [1.54, 1.807) is 0 Å². The molecule has 0 aromatic heterocycles. The molecule has 94 valence electrons. The molecule has 0 aliphatic carbocycles. The first-order valence-corrected chi connectivity index (χ1v) is 5.61. The minimum atomic E-state index is -0.291. The maximum atomic E-state index is 11.3. The van der Waals surface area contributed by atoms with E-state index in [4.69, 9.17) is 5.73 Å². The highest BCUT2D eigenvalue weighted by molar-refractivity contribution is 5.78. The minimum absolute atomic E-state index is 0.0194. The normalized spacial score (nSPS) is 11.2. The number of carbonyl (C=O) groups is 2. The number of hydrogen-bond acceptors (Lipinski definition) is 3. The maximum Gasteiger partial charge on any atom is 0.233 e. The second-order valence-corrected chi connectivity index (χ2v) is 4.88. The number of unbranched alkanes of at least 4 members (excludes halogenated alkanes) is 1. The number of nitrogens with one attached hydrogen (secondary N) is 2. The van der Waals surface area contributed by atoms with E-state index in [-0.39, 0.29) is 17.4 Å². The van der Waals surface area contributed by atoms with Gasteiger partial charge in [-0.15, -0.1) is 0 Å². The largest absolute Gasteiger partial charge is 0.370 e. The van der Waals surface area contributed by atoms with Gasteiger partial charge in [0.15, 0.2) is 0 Å². The molecule has 0 heterocycles. The lowest BCUT2D eigenvalue weighted by Crippen LogP contribution is -2.43. The molecule has 0 aliphatic heterocycles. The molecule has 0 saturated heterocycles. The lowest BCUT2D eigenvalue weighted by Gasteiger charge is -2.19. The highest BCUT2D eigenvalue weighted by atomic mass is 16.2. The number of carbonyl (C=O) groups excluding carboxylic acids is 2. The first-order chi connectivity index (χ1) is 7.31. The molecule has 0 bridgehead atoms. The van der Waals surface area contributed by atoms with E-state index in [0.717, 1.165) is 12.8 Å². The Labute approximate surface area is 97.2 Å². The summed E-state index contributed by atoms with van der Waals surface area (Å²) in [5, 5.41) is 5.87. The summed E-state index contributed by atoms with van der Waals surface area (Å²) in [6.07, 6.45) is 1.89. The predicted molar refractivity (Wildman–Crippen MR) is 63.8 cm³/mol. The van der Waals surface area contributed by atoms with Gasteiger partial charge in [-0.3, -0.25) is 9.59 Å². The monoisotopic (exact) mass is 229 g/mol. The molecule has 0 atom stereocenters.